The molecule has 1 heterocycles. The van der Waals surface area contributed by atoms with Crippen molar-refractivity contribution in [1.82, 2.24) is 0 Å². The highest BCUT2D eigenvalue weighted by molar-refractivity contribution is 6.13. The third kappa shape index (κ3) is 5.14. The smallest absolute Gasteiger partial charge is 0.143 e. The lowest BCUT2D eigenvalue weighted by Crippen LogP contribution is -2.28. The Balaban J connectivity index is 1.03. The third-order valence-electron chi connectivity index (χ3n) is 14.3. The molecule has 0 N–H and O–H groups in total. The first-order valence-electron chi connectivity index (χ1n) is 22.3. The number of nitrogens with zero attached hydrogens (tertiary/aromatic N) is 1. The van der Waals surface area contributed by atoms with Gasteiger partial charge in [0.15, 0.2) is 0 Å². The van der Waals surface area contributed by atoms with E-state index in [1.54, 1.807) is 0 Å². The Labute approximate surface area is 373 Å². The molecule has 0 atom stereocenters. The first-order valence-corrected chi connectivity index (χ1v) is 22.3. The topological polar surface area (TPSA) is 16.4 Å². The first kappa shape index (κ1) is 36.7. The van der Waals surface area contributed by atoms with Crippen LogP contribution in [-0.2, 0) is 10.8 Å². The lowest BCUT2D eigenvalue weighted by atomic mass is 9.67. The van der Waals surface area contributed by atoms with Crippen molar-refractivity contribution in [2.24, 2.45) is 0 Å². The van der Waals surface area contributed by atoms with Gasteiger partial charge < -0.3 is 9.32 Å². The molecular weight excluding hydrogens is 775 g/mol. The van der Waals surface area contributed by atoms with Crippen LogP contribution in [0.3, 0.4) is 0 Å². The highest BCUT2D eigenvalue weighted by atomic mass is 16.3. The molecule has 10 aromatic carbocycles. The summed E-state index contributed by atoms with van der Waals surface area (Å²) in [5.41, 5.74) is 19.6. The molecule has 0 spiro atoms. The van der Waals surface area contributed by atoms with E-state index in [-0.39, 0.29) is 5.41 Å². The zero-order valence-electron chi connectivity index (χ0n) is 35.7. The molecule has 0 radical (unpaired) electrons. The van der Waals surface area contributed by atoms with Crippen molar-refractivity contribution < 1.29 is 4.42 Å². The van der Waals surface area contributed by atoms with Crippen molar-refractivity contribution in [2.45, 2.75) is 24.7 Å². The molecule has 0 amide bonds. The van der Waals surface area contributed by atoms with Crippen molar-refractivity contribution in [3.8, 4) is 33.4 Å². The standard InChI is InChI=1S/C62H43NO/c1-61(2)53-25-13-11-23-48(53)49-34-30-42(38-56(49)61)40-28-31-45(32-29-40)63(57-26-15-17-41-16-9-10-22-47(41)57)46-33-36-54-52(39-46)59-55(37-35-51-50-24-12-14-27-58(50)64-60(51)59)62(54,43-18-5-3-6-19-43)44-20-7-4-8-21-44/h3-39H,1-2H3. The Hall–Kier alpha value is -7.94. The maximum absolute atomic E-state index is 6.94. The number of rotatable bonds is 6. The second kappa shape index (κ2) is 13.8. The van der Waals surface area contributed by atoms with Crippen LogP contribution in [0.2, 0.25) is 0 Å². The van der Waals surface area contributed by atoms with E-state index < -0.39 is 5.41 Å². The quantitative estimate of drug-likeness (QED) is 0.166. The molecule has 13 rings (SSSR count). The SMILES string of the molecule is CC1(C)c2ccccc2-c2ccc(-c3ccc(N(c4ccc5c(c4)-c4c(ccc6c4oc4ccccc46)C5(c4ccccc4)c4ccccc4)c4cccc5ccccc45)cc3)cc21. The predicted octanol–water partition coefficient (Wildman–Crippen LogP) is 16.5. The van der Waals surface area contributed by atoms with Crippen molar-refractivity contribution in [3.63, 3.8) is 0 Å². The van der Waals surface area contributed by atoms with Crippen LogP contribution in [0.5, 0.6) is 0 Å². The summed E-state index contributed by atoms with van der Waals surface area (Å²) < 4.78 is 6.94. The van der Waals surface area contributed by atoms with E-state index in [2.05, 4.69) is 243 Å². The van der Waals surface area contributed by atoms with Crippen LogP contribution >= 0.6 is 0 Å². The Bertz CT molecular complexity index is 3590. The maximum Gasteiger partial charge on any atom is 0.143 e. The van der Waals surface area contributed by atoms with E-state index in [1.807, 2.05) is 0 Å². The fraction of sp³-hybridized carbons (Fsp3) is 0.0645. The van der Waals surface area contributed by atoms with Crippen LogP contribution < -0.4 is 4.90 Å². The van der Waals surface area contributed by atoms with Crippen LogP contribution in [0.4, 0.5) is 17.1 Å². The number of anilines is 3. The van der Waals surface area contributed by atoms with Gasteiger partial charge in [-0.15, -0.1) is 0 Å². The normalized spacial score (nSPS) is 14.0. The molecule has 2 aliphatic rings. The molecule has 0 saturated heterocycles. The number of hydrogen-bond acceptors (Lipinski definition) is 2. The largest absolute Gasteiger partial charge is 0.455 e. The minimum Gasteiger partial charge on any atom is -0.455 e. The summed E-state index contributed by atoms with van der Waals surface area (Å²) in [5.74, 6) is 0. The second-order valence-corrected chi connectivity index (χ2v) is 18.0. The maximum atomic E-state index is 6.94. The molecule has 64 heavy (non-hydrogen) atoms. The van der Waals surface area contributed by atoms with E-state index >= 15 is 0 Å². The highest BCUT2D eigenvalue weighted by Crippen LogP contribution is 2.60. The Morgan fingerprint density at radius 1 is 0.391 bits per heavy atom. The molecule has 11 aromatic rings. The van der Waals surface area contributed by atoms with Crippen LogP contribution in [0.1, 0.15) is 47.2 Å². The lowest BCUT2D eigenvalue weighted by Gasteiger charge is -2.34. The van der Waals surface area contributed by atoms with Gasteiger partial charge in [-0.05, 0) is 109 Å². The fourth-order valence-corrected chi connectivity index (χ4v) is 11.4. The van der Waals surface area contributed by atoms with Gasteiger partial charge in [0.1, 0.15) is 11.2 Å². The fourth-order valence-electron chi connectivity index (χ4n) is 11.4. The molecular formula is C62H43NO. The van der Waals surface area contributed by atoms with E-state index in [9.17, 15) is 0 Å². The van der Waals surface area contributed by atoms with Gasteiger partial charge in [0.05, 0.1) is 11.1 Å². The summed E-state index contributed by atoms with van der Waals surface area (Å²) in [4.78, 5) is 2.44. The van der Waals surface area contributed by atoms with Crippen molar-refractivity contribution >= 4 is 49.8 Å². The summed E-state index contributed by atoms with van der Waals surface area (Å²) >= 11 is 0. The molecule has 0 aliphatic heterocycles. The van der Waals surface area contributed by atoms with Crippen LogP contribution in [0.15, 0.2) is 229 Å². The number of hydrogen-bond donors (Lipinski definition) is 0. The Morgan fingerprint density at radius 3 is 1.81 bits per heavy atom. The molecule has 0 unspecified atom stereocenters. The first-order chi connectivity index (χ1) is 31.5. The average molecular weight is 818 g/mol. The molecule has 0 bridgehead atoms. The van der Waals surface area contributed by atoms with Gasteiger partial charge in [-0.2, -0.15) is 0 Å². The number of para-hydroxylation sites is 1. The summed E-state index contributed by atoms with van der Waals surface area (Å²) in [6, 6.07) is 82.7. The van der Waals surface area contributed by atoms with Crippen LogP contribution in [0, 0.1) is 0 Å². The summed E-state index contributed by atoms with van der Waals surface area (Å²) in [7, 11) is 0. The predicted molar refractivity (Wildman–Crippen MR) is 266 cm³/mol. The second-order valence-electron chi connectivity index (χ2n) is 18.0. The molecule has 0 fully saturated rings. The van der Waals surface area contributed by atoms with Gasteiger partial charge in [0.25, 0.3) is 0 Å². The van der Waals surface area contributed by atoms with Crippen LogP contribution in [0.25, 0.3) is 66.1 Å². The summed E-state index contributed by atoms with van der Waals surface area (Å²) in [6.07, 6.45) is 0. The van der Waals surface area contributed by atoms with Crippen LogP contribution in [-0.4, -0.2) is 0 Å². The van der Waals surface area contributed by atoms with Crippen molar-refractivity contribution in [3.05, 3.63) is 258 Å². The van der Waals surface area contributed by atoms with E-state index in [0.29, 0.717) is 0 Å². The van der Waals surface area contributed by atoms with Gasteiger partial charge in [0.2, 0.25) is 0 Å². The van der Waals surface area contributed by atoms with Gasteiger partial charge in [0, 0.05) is 38.5 Å². The summed E-state index contributed by atoms with van der Waals surface area (Å²) in [5, 5.41) is 4.65. The molecule has 2 aliphatic carbocycles. The zero-order valence-corrected chi connectivity index (χ0v) is 35.7. The molecule has 0 saturated carbocycles. The molecule has 302 valence electrons. The van der Waals surface area contributed by atoms with Gasteiger partial charge in [-0.1, -0.05) is 196 Å². The Kier molecular flexibility index (Phi) is 7.90. The van der Waals surface area contributed by atoms with Crippen molar-refractivity contribution in [1.29, 1.82) is 0 Å². The van der Waals surface area contributed by atoms with E-state index in [0.717, 1.165) is 44.6 Å². The van der Waals surface area contributed by atoms with Gasteiger partial charge >= 0.3 is 0 Å². The van der Waals surface area contributed by atoms with Gasteiger partial charge in [-0.3, -0.25) is 0 Å². The molecule has 2 heteroatoms. The summed E-state index contributed by atoms with van der Waals surface area (Å²) in [6.45, 7) is 4.70. The zero-order chi connectivity index (χ0) is 42.6. The van der Waals surface area contributed by atoms with Crippen molar-refractivity contribution in [2.75, 3.05) is 4.90 Å². The third-order valence-corrected chi connectivity index (χ3v) is 14.3. The number of benzene rings is 10. The van der Waals surface area contributed by atoms with E-state index in [4.69, 9.17) is 4.42 Å². The molecule has 2 nitrogen and oxygen atoms in total. The van der Waals surface area contributed by atoms with E-state index in [1.165, 1.54) is 72.0 Å². The average Bonchev–Trinajstić information content (AvgIpc) is 3.96. The molecule has 1 aromatic heterocycles. The van der Waals surface area contributed by atoms with Gasteiger partial charge in [-0.25, -0.2) is 0 Å². The monoisotopic (exact) mass is 817 g/mol. The number of fused-ring (bicyclic) bond motifs is 11. The minimum absolute atomic E-state index is 0.0637. The highest BCUT2D eigenvalue weighted by Gasteiger charge is 2.47. The minimum atomic E-state index is -0.573. The number of furan rings is 1. The Morgan fingerprint density at radius 2 is 1.02 bits per heavy atom. The lowest BCUT2D eigenvalue weighted by molar-refractivity contribution is 0.660.